The van der Waals surface area contributed by atoms with Gasteiger partial charge in [-0.05, 0) is 41.8 Å². The van der Waals surface area contributed by atoms with Gasteiger partial charge in [0.1, 0.15) is 11.5 Å². The van der Waals surface area contributed by atoms with Crippen LogP contribution in [0.3, 0.4) is 0 Å². The van der Waals surface area contributed by atoms with Crippen LogP contribution in [0.4, 0.5) is 13.2 Å². The Balaban J connectivity index is 2.42. The number of carbonyl (C=O) groups excluding carboxylic acids is 1. The summed E-state index contributed by atoms with van der Waals surface area (Å²) in [5.41, 5.74) is -1.04. The summed E-state index contributed by atoms with van der Waals surface area (Å²) in [6.45, 7) is 5.74. The van der Waals surface area contributed by atoms with Gasteiger partial charge in [0.2, 0.25) is 0 Å². The Hall–Kier alpha value is -2.21. The Labute approximate surface area is 154 Å². The minimum absolute atomic E-state index is 0.117. The maximum absolute atomic E-state index is 12.9. The van der Waals surface area contributed by atoms with Gasteiger partial charge in [0.05, 0.1) is 23.3 Å². The number of alkyl halides is 3. The molecule has 0 bridgehead atoms. The molecule has 7 heteroatoms. The Morgan fingerprint density at radius 3 is 2.23 bits per heavy atom. The van der Waals surface area contributed by atoms with E-state index in [1.165, 1.54) is 7.11 Å². The maximum Gasteiger partial charge on any atom is 0.416 e. The second-order valence-electron chi connectivity index (χ2n) is 6.69. The largest absolute Gasteiger partial charge is 0.497 e. The van der Waals surface area contributed by atoms with Gasteiger partial charge in [-0.15, -0.1) is 0 Å². The number of rotatable bonds is 3. The average molecular weight is 387 g/mol. The number of esters is 1. The van der Waals surface area contributed by atoms with Crippen LogP contribution < -0.4 is 9.47 Å². The predicted octanol–water partition coefficient (Wildman–Crippen LogP) is 5.88. The number of benzene rings is 2. The van der Waals surface area contributed by atoms with Gasteiger partial charge in [0, 0.05) is 5.56 Å². The highest BCUT2D eigenvalue weighted by molar-refractivity contribution is 6.33. The van der Waals surface area contributed by atoms with Gasteiger partial charge in [-0.1, -0.05) is 32.4 Å². The highest BCUT2D eigenvalue weighted by atomic mass is 35.5. The van der Waals surface area contributed by atoms with Crippen molar-refractivity contribution in [2.75, 3.05) is 7.11 Å². The number of halogens is 4. The van der Waals surface area contributed by atoms with Crippen LogP contribution in [0.1, 0.15) is 42.3 Å². The Morgan fingerprint density at radius 1 is 1.04 bits per heavy atom. The van der Waals surface area contributed by atoms with Crippen LogP contribution in [-0.2, 0) is 11.6 Å². The highest BCUT2D eigenvalue weighted by Gasteiger charge is 2.32. The molecule has 0 aliphatic carbocycles. The molecule has 3 nitrogen and oxygen atoms in total. The molecule has 0 aliphatic heterocycles. The van der Waals surface area contributed by atoms with Gasteiger partial charge in [-0.2, -0.15) is 13.2 Å². The Morgan fingerprint density at radius 2 is 1.69 bits per heavy atom. The molecule has 0 fully saturated rings. The maximum atomic E-state index is 12.9. The summed E-state index contributed by atoms with van der Waals surface area (Å²) in [4.78, 5) is 12.4. The SMILES string of the molecule is COc1ccc(OC(=O)c2cc(C(F)(F)F)ccc2Cl)c(C(C)(C)C)c1. The molecular formula is C19H18ClF3O3. The predicted molar refractivity (Wildman–Crippen MR) is 93.1 cm³/mol. The molecule has 0 aliphatic rings. The van der Waals surface area contributed by atoms with E-state index in [1.807, 2.05) is 20.8 Å². The lowest BCUT2D eigenvalue weighted by atomic mass is 9.86. The van der Waals surface area contributed by atoms with E-state index in [1.54, 1.807) is 18.2 Å². The highest BCUT2D eigenvalue weighted by Crippen LogP contribution is 2.36. The van der Waals surface area contributed by atoms with Crippen LogP contribution in [0.25, 0.3) is 0 Å². The summed E-state index contributed by atoms with van der Waals surface area (Å²) in [6.07, 6.45) is -4.59. The summed E-state index contributed by atoms with van der Waals surface area (Å²) in [5, 5.41) is -0.117. The lowest BCUT2D eigenvalue weighted by Gasteiger charge is -2.23. The van der Waals surface area contributed by atoms with Crippen molar-refractivity contribution in [3.05, 3.63) is 58.1 Å². The van der Waals surface area contributed by atoms with Crippen molar-refractivity contribution in [1.29, 1.82) is 0 Å². The van der Waals surface area contributed by atoms with E-state index >= 15 is 0 Å². The molecule has 0 amide bonds. The molecule has 0 aromatic heterocycles. The lowest BCUT2D eigenvalue weighted by molar-refractivity contribution is -0.137. The zero-order valence-corrected chi connectivity index (χ0v) is 15.5. The fraction of sp³-hybridized carbons (Fsp3) is 0.316. The third-order valence-electron chi connectivity index (χ3n) is 3.71. The minimum Gasteiger partial charge on any atom is -0.497 e. The smallest absolute Gasteiger partial charge is 0.416 e. The first-order valence-electron chi connectivity index (χ1n) is 7.71. The zero-order valence-electron chi connectivity index (χ0n) is 14.7. The standard InChI is InChI=1S/C19H18ClF3O3/c1-18(2,3)14-10-12(25-4)6-8-16(14)26-17(24)13-9-11(19(21,22)23)5-7-15(13)20/h5-10H,1-4H3. The molecule has 140 valence electrons. The number of methoxy groups -OCH3 is 1. The molecule has 2 aromatic carbocycles. The van der Waals surface area contributed by atoms with E-state index in [9.17, 15) is 18.0 Å². The first kappa shape index (κ1) is 20.1. The van der Waals surface area contributed by atoms with Crippen molar-refractivity contribution < 1.29 is 27.4 Å². The number of hydrogen-bond acceptors (Lipinski definition) is 3. The number of ether oxygens (including phenoxy) is 2. The summed E-state index contributed by atoms with van der Waals surface area (Å²) in [7, 11) is 1.51. The summed E-state index contributed by atoms with van der Waals surface area (Å²) >= 11 is 5.90. The molecule has 0 unspecified atom stereocenters. The molecule has 0 spiro atoms. The second kappa shape index (κ2) is 7.19. The molecule has 0 radical (unpaired) electrons. The summed E-state index contributed by atoms with van der Waals surface area (Å²) in [6, 6.07) is 7.39. The molecule has 0 saturated carbocycles. The van der Waals surface area contributed by atoms with E-state index in [0.29, 0.717) is 17.4 Å². The van der Waals surface area contributed by atoms with Crippen molar-refractivity contribution >= 4 is 17.6 Å². The monoisotopic (exact) mass is 386 g/mol. The van der Waals surface area contributed by atoms with Crippen LogP contribution >= 0.6 is 11.6 Å². The van der Waals surface area contributed by atoms with Gasteiger partial charge in [0.15, 0.2) is 0 Å². The lowest BCUT2D eigenvalue weighted by Crippen LogP contribution is -2.17. The number of carbonyl (C=O) groups is 1. The third kappa shape index (κ3) is 4.49. The molecule has 2 aromatic rings. The molecule has 0 heterocycles. The first-order valence-corrected chi connectivity index (χ1v) is 8.08. The third-order valence-corrected chi connectivity index (χ3v) is 4.04. The van der Waals surface area contributed by atoms with Crippen molar-refractivity contribution in [1.82, 2.24) is 0 Å². The van der Waals surface area contributed by atoms with Crippen molar-refractivity contribution in [3.63, 3.8) is 0 Å². The molecule has 0 N–H and O–H groups in total. The second-order valence-corrected chi connectivity index (χ2v) is 7.10. The molecule has 26 heavy (non-hydrogen) atoms. The van der Waals surface area contributed by atoms with E-state index in [-0.39, 0.29) is 21.8 Å². The average Bonchev–Trinajstić information content (AvgIpc) is 2.53. The van der Waals surface area contributed by atoms with Crippen molar-refractivity contribution in [2.24, 2.45) is 0 Å². The van der Waals surface area contributed by atoms with E-state index in [2.05, 4.69) is 0 Å². The fourth-order valence-corrected chi connectivity index (χ4v) is 2.52. The Bertz CT molecular complexity index is 824. The molecule has 0 saturated heterocycles. The van der Waals surface area contributed by atoms with Gasteiger partial charge in [-0.25, -0.2) is 4.79 Å². The number of hydrogen-bond donors (Lipinski definition) is 0. The van der Waals surface area contributed by atoms with E-state index < -0.39 is 17.7 Å². The minimum atomic E-state index is -4.59. The topological polar surface area (TPSA) is 35.5 Å². The molecular weight excluding hydrogens is 369 g/mol. The van der Waals surface area contributed by atoms with Crippen molar-refractivity contribution in [2.45, 2.75) is 32.4 Å². The van der Waals surface area contributed by atoms with Crippen LogP contribution in [0, 0.1) is 0 Å². The fourth-order valence-electron chi connectivity index (χ4n) is 2.32. The van der Waals surface area contributed by atoms with Gasteiger partial charge < -0.3 is 9.47 Å². The van der Waals surface area contributed by atoms with Gasteiger partial charge in [-0.3, -0.25) is 0 Å². The first-order chi connectivity index (χ1) is 11.9. The van der Waals surface area contributed by atoms with Crippen LogP contribution in [-0.4, -0.2) is 13.1 Å². The zero-order chi connectivity index (χ0) is 19.7. The van der Waals surface area contributed by atoms with Gasteiger partial charge >= 0.3 is 12.1 Å². The normalized spacial score (nSPS) is 12.0. The summed E-state index contributed by atoms with van der Waals surface area (Å²) in [5.74, 6) is -0.152. The molecule has 0 atom stereocenters. The van der Waals surface area contributed by atoms with Crippen LogP contribution in [0.5, 0.6) is 11.5 Å². The van der Waals surface area contributed by atoms with Crippen molar-refractivity contribution in [3.8, 4) is 11.5 Å². The Kier molecular flexibility index (Phi) is 5.56. The van der Waals surface area contributed by atoms with E-state index in [0.717, 1.165) is 12.1 Å². The van der Waals surface area contributed by atoms with E-state index in [4.69, 9.17) is 21.1 Å². The van der Waals surface area contributed by atoms with Gasteiger partial charge in [0.25, 0.3) is 0 Å². The van der Waals surface area contributed by atoms with Crippen LogP contribution in [0.15, 0.2) is 36.4 Å². The molecule has 2 rings (SSSR count). The summed E-state index contributed by atoms with van der Waals surface area (Å²) < 4.78 is 49.2. The quantitative estimate of drug-likeness (QED) is 0.487. The van der Waals surface area contributed by atoms with Crippen LogP contribution in [0.2, 0.25) is 5.02 Å².